The molecule has 0 saturated carbocycles. The maximum atomic E-state index is 9.27. The second kappa shape index (κ2) is 5.71. The van der Waals surface area contributed by atoms with Gasteiger partial charge < -0.3 is 15.4 Å². The molecule has 0 amide bonds. The van der Waals surface area contributed by atoms with E-state index in [1.807, 2.05) is 37.3 Å². The van der Waals surface area contributed by atoms with Gasteiger partial charge in [-0.05, 0) is 35.6 Å². The van der Waals surface area contributed by atoms with Crippen molar-refractivity contribution in [3.8, 4) is 0 Å². The van der Waals surface area contributed by atoms with Gasteiger partial charge in [-0.1, -0.05) is 36.4 Å². The topological polar surface area (TPSA) is 52.5 Å². The molecule has 92 valence electrons. The summed E-state index contributed by atoms with van der Waals surface area (Å²) in [7, 11) is -1.43. The maximum absolute atomic E-state index is 9.27. The van der Waals surface area contributed by atoms with E-state index in [0.717, 1.165) is 11.3 Å². The van der Waals surface area contributed by atoms with Crippen molar-refractivity contribution >= 4 is 18.3 Å². The van der Waals surface area contributed by atoms with Crippen LogP contribution in [0.2, 0.25) is 0 Å². The third-order valence-electron chi connectivity index (χ3n) is 2.83. The fourth-order valence-corrected chi connectivity index (χ4v) is 1.90. The minimum absolute atomic E-state index is 0.539. The first-order valence-electron chi connectivity index (χ1n) is 5.91. The van der Waals surface area contributed by atoms with E-state index in [0.29, 0.717) is 12.0 Å². The fourth-order valence-electron chi connectivity index (χ4n) is 1.90. The normalized spacial score (nSPS) is 10.2. The molecule has 0 aromatic heterocycles. The maximum Gasteiger partial charge on any atom is 0.488 e. The lowest BCUT2D eigenvalue weighted by Gasteiger charge is -2.11. The van der Waals surface area contributed by atoms with Crippen LogP contribution in [0.3, 0.4) is 0 Å². The van der Waals surface area contributed by atoms with Crippen molar-refractivity contribution in [3.05, 3.63) is 59.7 Å². The minimum Gasteiger partial charge on any atom is -0.423 e. The number of aryl methyl sites for hydroxylation is 1. The standard InChI is InChI=1S/C14H16BNO2/c1-11-5-4-7-13(9-11)16-10-12-6-2-3-8-14(12)15(17)18/h2-9,16-18H,10H2,1H3. The minimum atomic E-state index is -1.43. The zero-order valence-corrected chi connectivity index (χ0v) is 10.3. The van der Waals surface area contributed by atoms with Crippen molar-refractivity contribution in [1.82, 2.24) is 0 Å². The number of hydrogen-bond donors (Lipinski definition) is 3. The molecule has 3 N–H and O–H groups in total. The largest absolute Gasteiger partial charge is 0.488 e. The highest BCUT2D eigenvalue weighted by Crippen LogP contribution is 2.10. The summed E-state index contributed by atoms with van der Waals surface area (Å²) in [5.74, 6) is 0. The van der Waals surface area contributed by atoms with Crippen LogP contribution in [0.5, 0.6) is 0 Å². The Hall–Kier alpha value is -1.78. The molecule has 0 saturated heterocycles. The second-order valence-corrected chi connectivity index (χ2v) is 4.30. The summed E-state index contributed by atoms with van der Waals surface area (Å²) < 4.78 is 0. The zero-order valence-electron chi connectivity index (χ0n) is 10.3. The predicted molar refractivity (Wildman–Crippen MR) is 74.8 cm³/mol. The Morgan fingerprint density at radius 1 is 1.06 bits per heavy atom. The number of nitrogens with one attached hydrogen (secondary N) is 1. The first kappa shape index (κ1) is 12.7. The summed E-state index contributed by atoms with van der Waals surface area (Å²) >= 11 is 0. The highest BCUT2D eigenvalue weighted by molar-refractivity contribution is 6.59. The smallest absolute Gasteiger partial charge is 0.423 e. The van der Waals surface area contributed by atoms with Crippen LogP contribution in [0, 0.1) is 6.92 Å². The van der Waals surface area contributed by atoms with Gasteiger partial charge >= 0.3 is 7.12 Å². The Balaban J connectivity index is 2.11. The van der Waals surface area contributed by atoms with Crippen molar-refractivity contribution in [2.75, 3.05) is 5.32 Å². The average Bonchev–Trinajstić information content (AvgIpc) is 2.37. The van der Waals surface area contributed by atoms with Gasteiger partial charge in [0.05, 0.1) is 0 Å². The van der Waals surface area contributed by atoms with Gasteiger partial charge in [0, 0.05) is 12.2 Å². The quantitative estimate of drug-likeness (QED) is 0.707. The third kappa shape index (κ3) is 3.12. The summed E-state index contributed by atoms with van der Waals surface area (Å²) in [6.45, 7) is 2.61. The van der Waals surface area contributed by atoms with Crippen LogP contribution in [0.25, 0.3) is 0 Å². The SMILES string of the molecule is Cc1cccc(NCc2ccccc2B(O)O)c1. The van der Waals surface area contributed by atoms with E-state index in [1.165, 1.54) is 5.56 Å². The summed E-state index contributed by atoms with van der Waals surface area (Å²) in [4.78, 5) is 0. The van der Waals surface area contributed by atoms with Crippen LogP contribution in [-0.2, 0) is 6.54 Å². The molecule has 2 rings (SSSR count). The zero-order chi connectivity index (χ0) is 13.0. The molecule has 0 aliphatic heterocycles. The van der Waals surface area contributed by atoms with E-state index in [9.17, 15) is 10.0 Å². The summed E-state index contributed by atoms with van der Waals surface area (Å²) in [6, 6.07) is 15.4. The lowest BCUT2D eigenvalue weighted by atomic mass is 9.77. The molecule has 0 unspecified atom stereocenters. The molecule has 0 fully saturated rings. The van der Waals surface area contributed by atoms with Gasteiger partial charge in [0.15, 0.2) is 0 Å². The van der Waals surface area contributed by atoms with Crippen LogP contribution in [0.4, 0.5) is 5.69 Å². The Bertz CT molecular complexity index is 529. The molecule has 0 spiro atoms. The molecule has 2 aromatic carbocycles. The van der Waals surface area contributed by atoms with Crippen LogP contribution in [-0.4, -0.2) is 17.2 Å². The second-order valence-electron chi connectivity index (χ2n) is 4.30. The average molecular weight is 241 g/mol. The van der Waals surface area contributed by atoms with E-state index >= 15 is 0 Å². The molecule has 0 atom stereocenters. The van der Waals surface area contributed by atoms with Crippen LogP contribution < -0.4 is 10.8 Å². The molecule has 18 heavy (non-hydrogen) atoms. The molecule has 4 heteroatoms. The van der Waals surface area contributed by atoms with Crippen LogP contribution >= 0.6 is 0 Å². The molecular formula is C14H16BNO2. The van der Waals surface area contributed by atoms with E-state index < -0.39 is 7.12 Å². The number of hydrogen-bond acceptors (Lipinski definition) is 3. The number of rotatable bonds is 4. The van der Waals surface area contributed by atoms with Crippen molar-refractivity contribution in [3.63, 3.8) is 0 Å². The summed E-state index contributed by atoms with van der Waals surface area (Å²) in [5.41, 5.74) is 3.64. The predicted octanol–water partition coefficient (Wildman–Crippen LogP) is 1.29. The molecule has 0 aliphatic rings. The Kier molecular flexibility index (Phi) is 4.02. The molecule has 0 bridgehead atoms. The van der Waals surface area contributed by atoms with Gasteiger partial charge in [0.1, 0.15) is 0 Å². The monoisotopic (exact) mass is 241 g/mol. The van der Waals surface area contributed by atoms with Crippen molar-refractivity contribution in [2.45, 2.75) is 13.5 Å². The van der Waals surface area contributed by atoms with Gasteiger partial charge in [-0.3, -0.25) is 0 Å². The van der Waals surface area contributed by atoms with Crippen LogP contribution in [0.15, 0.2) is 48.5 Å². The molecule has 0 aliphatic carbocycles. The van der Waals surface area contributed by atoms with Crippen LogP contribution in [0.1, 0.15) is 11.1 Å². The lowest BCUT2D eigenvalue weighted by molar-refractivity contribution is 0.425. The Morgan fingerprint density at radius 2 is 1.83 bits per heavy atom. The molecular weight excluding hydrogens is 225 g/mol. The van der Waals surface area contributed by atoms with E-state index in [-0.39, 0.29) is 0 Å². The molecule has 0 radical (unpaired) electrons. The highest BCUT2D eigenvalue weighted by atomic mass is 16.4. The first-order valence-corrected chi connectivity index (χ1v) is 5.91. The number of anilines is 1. The van der Waals surface area contributed by atoms with E-state index in [2.05, 4.69) is 11.4 Å². The van der Waals surface area contributed by atoms with Crippen molar-refractivity contribution in [2.24, 2.45) is 0 Å². The highest BCUT2D eigenvalue weighted by Gasteiger charge is 2.14. The summed E-state index contributed by atoms with van der Waals surface area (Å²) in [6.07, 6.45) is 0. The fraction of sp³-hybridized carbons (Fsp3) is 0.143. The van der Waals surface area contributed by atoms with E-state index in [4.69, 9.17) is 0 Å². The summed E-state index contributed by atoms with van der Waals surface area (Å²) in [5, 5.41) is 21.8. The molecule has 0 heterocycles. The molecule has 3 nitrogen and oxygen atoms in total. The lowest BCUT2D eigenvalue weighted by Crippen LogP contribution is -2.33. The van der Waals surface area contributed by atoms with Crippen molar-refractivity contribution in [1.29, 1.82) is 0 Å². The van der Waals surface area contributed by atoms with E-state index in [1.54, 1.807) is 12.1 Å². The van der Waals surface area contributed by atoms with Gasteiger partial charge in [-0.2, -0.15) is 0 Å². The Labute approximate surface area is 107 Å². The third-order valence-corrected chi connectivity index (χ3v) is 2.83. The molecule has 2 aromatic rings. The number of benzene rings is 2. The first-order chi connectivity index (χ1) is 8.66. The van der Waals surface area contributed by atoms with Gasteiger partial charge in [0.25, 0.3) is 0 Å². The Morgan fingerprint density at radius 3 is 2.56 bits per heavy atom. The van der Waals surface area contributed by atoms with Gasteiger partial charge in [-0.15, -0.1) is 0 Å². The van der Waals surface area contributed by atoms with Crippen molar-refractivity contribution < 1.29 is 10.0 Å². The van der Waals surface area contributed by atoms with Gasteiger partial charge in [0.2, 0.25) is 0 Å². The van der Waals surface area contributed by atoms with Gasteiger partial charge in [-0.25, -0.2) is 0 Å².